The molecule has 0 bridgehead atoms. The molecule has 4 aromatic rings. The van der Waals surface area contributed by atoms with Gasteiger partial charge in [-0.3, -0.25) is 0 Å². The van der Waals surface area contributed by atoms with Crippen molar-refractivity contribution < 1.29 is 0 Å². The molecule has 4 aromatic carbocycles. The average Bonchev–Trinajstić information content (AvgIpc) is 3.26. The quantitative estimate of drug-likeness (QED) is 0.189. The topological polar surface area (TPSA) is 0 Å². The van der Waals surface area contributed by atoms with Crippen molar-refractivity contribution in [2.75, 3.05) is 0 Å². The second-order valence-electron chi connectivity index (χ2n) is 12.6. The highest BCUT2D eigenvalue weighted by Crippen LogP contribution is 2.67. The Morgan fingerprint density at radius 3 is 1.19 bits per heavy atom. The number of hydrogen-bond acceptors (Lipinski definition) is 0. The predicted molar refractivity (Wildman–Crippen MR) is 159 cm³/mol. The minimum Gasteiger partial charge on any atom is -0.0590 e. The lowest BCUT2D eigenvalue weighted by Crippen LogP contribution is -2.22. The van der Waals surface area contributed by atoms with Crippen LogP contribution in [0, 0.1) is 6.92 Å². The molecule has 0 heterocycles. The molecule has 0 saturated heterocycles. The third-order valence-electron chi connectivity index (χ3n) is 9.34. The van der Waals surface area contributed by atoms with Crippen molar-refractivity contribution in [1.29, 1.82) is 0 Å². The van der Waals surface area contributed by atoms with E-state index in [1.165, 1.54) is 72.3 Å². The lowest BCUT2D eigenvalue weighted by Gasteiger charge is -2.31. The second kappa shape index (κ2) is 6.83. The molecule has 3 aliphatic carbocycles. The fraction of sp³-hybridized carbons (Fsp3) is 0.294. The maximum absolute atomic E-state index is 3.81. The first-order valence-corrected chi connectivity index (χ1v) is 14.4. The molecule has 2 heteroatoms. The van der Waals surface area contributed by atoms with E-state index in [0.717, 1.165) is 8.95 Å². The molecule has 0 nitrogen and oxygen atoms in total. The van der Waals surface area contributed by atoms with E-state index in [4.69, 9.17) is 0 Å². The number of rotatable bonds is 0. The molecular weight excluding hydrogens is 568 g/mol. The third kappa shape index (κ3) is 2.56. The summed E-state index contributed by atoms with van der Waals surface area (Å²) in [5, 5.41) is 0. The van der Waals surface area contributed by atoms with Crippen LogP contribution in [0.5, 0.6) is 0 Å². The van der Waals surface area contributed by atoms with E-state index in [2.05, 4.69) is 135 Å². The van der Waals surface area contributed by atoms with Crippen molar-refractivity contribution in [3.8, 4) is 33.4 Å². The Hall–Kier alpha value is -2.16. The zero-order valence-electron chi connectivity index (χ0n) is 22.0. The first kappa shape index (κ1) is 23.0. The number of fused-ring (bicyclic) bond motifs is 12. The molecule has 180 valence electrons. The van der Waals surface area contributed by atoms with E-state index in [9.17, 15) is 0 Å². The monoisotopic (exact) mass is 596 g/mol. The molecular formula is C34H30Br2. The Bertz CT molecular complexity index is 1460. The SMILES string of the molecule is Cc1ccc2c(c1)-c1c(c3c(c4c1C(C)(C)c1ccc(Br)cc1-4)C(C)(C)c1ccc(Br)cc1-3)C2(C)C. The first-order chi connectivity index (χ1) is 16.9. The third-order valence-corrected chi connectivity index (χ3v) is 10.3. The van der Waals surface area contributed by atoms with Gasteiger partial charge in [0.2, 0.25) is 0 Å². The van der Waals surface area contributed by atoms with Crippen molar-refractivity contribution in [1.82, 2.24) is 0 Å². The van der Waals surface area contributed by atoms with Crippen LogP contribution in [-0.4, -0.2) is 0 Å². The molecule has 7 rings (SSSR count). The molecule has 3 aliphatic rings. The van der Waals surface area contributed by atoms with Crippen LogP contribution in [-0.2, 0) is 16.2 Å². The van der Waals surface area contributed by atoms with Gasteiger partial charge in [-0.2, -0.15) is 0 Å². The van der Waals surface area contributed by atoms with Gasteiger partial charge in [-0.1, -0.05) is 109 Å². The second-order valence-corrected chi connectivity index (χ2v) is 14.4. The summed E-state index contributed by atoms with van der Waals surface area (Å²) >= 11 is 7.62. The minimum atomic E-state index is -0.0920. The first-order valence-electron chi connectivity index (χ1n) is 12.8. The van der Waals surface area contributed by atoms with Gasteiger partial charge in [0, 0.05) is 25.2 Å². The van der Waals surface area contributed by atoms with E-state index >= 15 is 0 Å². The van der Waals surface area contributed by atoms with Crippen LogP contribution >= 0.6 is 31.9 Å². The molecule has 0 unspecified atom stereocenters. The molecule has 0 atom stereocenters. The van der Waals surface area contributed by atoms with Crippen LogP contribution in [0.25, 0.3) is 33.4 Å². The zero-order valence-corrected chi connectivity index (χ0v) is 25.1. The summed E-state index contributed by atoms with van der Waals surface area (Å²) in [6.45, 7) is 16.8. The van der Waals surface area contributed by atoms with Crippen LogP contribution in [0.15, 0.2) is 63.5 Å². The highest BCUT2D eigenvalue weighted by atomic mass is 79.9. The zero-order chi connectivity index (χ0) is 25.5. The molecule has 0 aliphatic heterocycles. The van der Waals surface area contributed by atoms with Crippen molar-refractivity contribution >= 4 is 31.9 Å². The summed E-state index contributed by atoms with van der Waals surface area (Å²) in [6.07, 6.45) is 0. The van der Waals surface area contributed by atoms with Gasteiger partial charge in [0.05, 0.1) is 0 Å². The van der Waals surface area contributed by atoms with Gasteiger partial charge in [-0.05, 0) is 98.0 Å². The maximum atomic E-state index is 3.81. The van der Waals surface area contributed by atoms with Crippen molar-refractivity contribution in [2.24, 2.45) is 0 Å². The number of benzene rings is 4. The van der Waals surface area contributed by atoms with E-state index in [-0.39, 0.29) is 16.2 Å². The summed E-state index contributed by atoms with van der Waals surface area (Å²) in [5.41, 5.74) is 18.5. The predicted octanol–water partition coefficient (Wildman–Crippen LogP) is 10.4. The maximum Gasteiger partial charge on any atom is 0.0181 e. The Labute approximate surface area is 231 Å². The number of hydrogen-bond donors (Lipinski definition) is 0. The summed E-state index contributed by atoms with van der Waals surface area (Å²) < 4.78 is 2.29. The van der Waals surface area contributed by atoms with Gasteiger partial charge >= 0.3 is 0 Å². The van der Waals surface area contributed by atoms with Crippen LogP contribution in [0.4, 0.5) is 0 Å². The highest BCUT2D eigenvalue weighted by Gasteiger charge is 2.52. The molecule has 0 aromatic heterocycles. The van der Waals surface area contributed by atoms with Crippen LogP contribution in [0.1, 0.15) is 80.5 Å². The van der Waals surface area contributed by atoms with Crippen LogP contribution in [0.2, 0.25) is 0 Å². The summed E-state index contributed by atoms with van der Waals surface area (Å²) in [6, 6.07) is 21.0. The van der Waals surface area contributed by atoms with Gasteiger partial charge in [0.1, 0.15) is 0 Å². The van der Waals surface area contributed by atoms with Gasteiger partial charge in [-0.25, -0.2) is 0 Å². The summed E-state index contributed by atoms with van der Waals surface area (Å²) in [4.78, 5) is 0. The van der Waals surface area contributed by atoms with E-state index in [1.54, 1.807) is 0 Å². The molecule has 0 saturated carbocycles. The van der Waals surface area contributed by atoms with E-state index in [0.29, 0.717) is 0 Å². The van der Waals surface area contributed by atoms with Crippen molar-refractivity contribution in [2.45, 2.75) is 64.7 Å². The minimum absolute atomic E-state index is 0.0804. The smallest absolute Gasteiger partial charge is 0.0181 e. The lowest BCUT2D eigenvalue weighted by molar-refractivity contribution is 0.635. The fourth-order valence-electron chi connectivity index (χ4n) is 7.78. The molecule has 0 spiro atoms. The number of halogens is 2. The fourth-order valence-corrected chi connectivity index (χ4v) is 8.51. The van der Waals surface area contributed by atoms with Crippen LogP contribution < -0.4 is 0 Å². The van der Waals surface area contributed by atoms with E-state index < -0.39 is 0 Å². The highest BCUT2D eigenvalue weighted by molar-refractivity contribution is 9.10. The van der Waals surface area contributed by atoms with Crippen molar-refractivity contribution in [3.63, 3.8) is 0 Å². The van der Waals surface area contributed by atoms with E-state index in [1.807, 2.05) is 0 Å². The number of aryl methyl sites for hydroxylation is 1. The lowest BCUT2D eigenvalue weighted by atomic mass is 9.71. The molecule has 0 N–H and O–H groups in total. The van der Waals surface area contributed by atoms with Gasteiger partial charge in [0.25, 0.3) is 0 Å². The van der Waals surface area contributed by atoms with Gasteiger partial charge < -0.3 is 0 Å². The Kier molecular flexibility index (Phi) is 4.36. The molecule has 36 heavy (non-hydrogen) atoms. The standard InChI is InChI=1S/C34H30Br2/c1-17-8-11-23-20(14-17)26-29(32(23,2)3)27-22-16-19(36)10-13-25(22)34(6,7)31(27)28-21-15-18(35)9-12-24(21)33(4,5)30(26)28/h8-16H,1-7H3. The van der Waals surface area contributed by atoms with Gasteiger partial charge in [-0.15, -0.1) is 0 Å². The molecule has 0 amide bonds. The Morgan fingerprint density at radius 1 is 0.472 bits per heavy atom. The normalized spacial score (nSPS) is 18.2. The average molecular weight is 598 g/mol. The van der Waals surface area contributed by atoms with Crippen LogP contribution in [0.3, 0.4) is 0 Å². The summed E-state index contributed by atoms with van der Waals surface area (Å²) in [5.74, 6) is 0. The Morgan fingerprint density at radius 2 is 0.806 bits per heavy atom. The molecule has 0 fully saturated rings. The van der Waals surface area contributed by atoms with Gasteiger partial charge in [0.15, 0.2) is 0 Å². The summed E-state index contributed by atoms with van der Waals surface area (Å²) in [7, 11) is 0. The van der Waals surface area contributed by atoms with Crippen molar-refractivity contribution in [3.05, 3.63) is 102 Å². The molecule has 0 radical (unpaired) electrons. The largest absolute Gasteiger partial charge is 0.0590 e. The Balaban J connectivity index is 1.79.